The molecule has 0 bridgehead atoms. The van der Waals surface area contributed by atoms with Gasteiger partial charge in [0.25, 0.3) is 0 Å². The number of nitrogens with zero attached hydrogens (tertiary/aromatic N) is 1. The lowest BCUT2D eigenvalue weighted by atomic mass is 10.1. The lowest BCUT2D eigenvalue weighted by molar-refractivity contribution is -0.121. The molecule has 6 heteroatoms. The Kier molecular flexibility index (Phi) is 5.18. The van der Waals surface area contributed by atoms with Crippen LogP contribution in [0.25, 0.3) is 0 Å². The van der Waals surface area contributed by atoms with Crippen LogP contribution in [0.15, 0.2) is 18.2 Å². The van der Waals surface area contributed by atoms with Gasteiger partial charge >= 0.3 is 0 Å². The van der Waals surface area contributed by atoms with Crippen molar-refractivity contribution >= 4 is 23.1 Å². The van der Waals surface area contributed by atoms with Crippen molar-refractivity contribution in [1.29, 1.82) is 0 Å². The third kappa shape index (κ3) is 4.05. The van der Waals surface area contributed by atoms with Crippen molar-refractivity contribution < 1.29 is 9.18 Å². The van der Waals surface area contributed by atoms with Crippen LogP contribution < -0.4 is 11.1 Å². The number of thiocarbonyl (C=S) groups is 1. The number of hydrogen-bond acceptors (Lipinski definition) is 3. The first-order valence-corrected chi connectivity index (χ1v) is 5.82. The smallest absolute Gasteiger partial charge is 0.233 e. The molecule has 1 aromatic rings. The topological polar surface area (TPSA) is 58.4 Å². The van der Waals surface area contributed by atoms with Crippen LogP contribution in [-0.2, 0) is 11.3 Å². The Balaban J connectivity index is 2.80. The Labute approximate surface area is 111 Å². The third-order valence-electron chi connectivity index (χ3n) is 2.46. The summed E-state index contributed by atoms with van der Waals surface area (Å²) >= 11 is 4.84. The molecule has 0 saturated carbocycles. The number of nitrogens with two attached hydrogens (primary N) is 1. The van der Waals surface area contributed by atoms with Gasteiger partial charge in [-0.2, -0.15) is 0 Å². The fourth-order valence-electron chi connectivity index (χ4n) is 1.52. The average Bonchev–Trinajstić information content (AvgIpc) is 2.31. The number of likely N-dealkylation sites (N-methyl/N-ethyl adjacent to an activating group) is 2. The number of halogens is 1. The Bertz CT molecular complexity index is 465. The predicted octanol–water partition coefficient (Wildman–Crippen LogP) is 0.638. The molecule has 0 saturated heterocycles. The van der Waals surface area contributed by atoms with E-state index in [1.807, 2.05) is 0 Å². The largest absolute Gasteiger partial charge is 0.389 e. The number of hydrogen-bond donors (Lipinski definition) is 2. The first-order valence-electron chi connectivity index (χ1n) is 5.41. The monoisotopic (exact) mass is 269 g/mol. The minimum absolute atomic E-state index is 0.122. The van der Waals surface area contributed by atoms with Gasteiger partial charge in [0, 0.05) is 24.7 Å². The van der Waals surface area contributed by atoms with Crippen LogP contribution in [0.2, 0.25) is 0 Å². The molecule has 0 atom stereocenters. The molecular weight excluding hydrogens is 253 g/mol. The van der Waals surface area contributed by atoms with Crippen molar-refractivity contribution in [3.05, 3.63) is 35.1 Å². The van der Waals surface area contributed by atoms with Gasteiger partial charge in [0.1, 0.15) is 10.8 Å². The second kappa shape index (κ2) is 6.42. The molecule has 0 fully saturated rings. The molecular formula is C12H16FN3OS. The number of carbonyl (C=O) groups excluding carboxylic acids is 1. The summed E-state index contributed by atoms with van der Waals surface area (Å²) in [5.74, 6) is -0.456. The van der Waals surface area contributed by atoms with Crippen LogP contribution in [0.5, 0.6) is 0 Å². The molecule has 0 aliphatic carbocycles. The summed E-state index contributed by atoms with van der Waals surface area (Å²) in [7, 11) is 3.30. The number of nitrogens with one attached hydrogen (secondary N) is 1. The van der Waals surface area contributed by atoms with E-state index >= 15 is 0 Å². The zero-order chi connectivity index (χ0) is 13.7. The van der Waals surface area contributed by atoms with Gasteiger partial charge in [-0.1, -0.05) is 12.2 Å². The number of carbonyl (C=O) groups is 1. The van der Waals surface area contributed by atoms with E-state index in [1.54, 1.807) is 31.1 Å². The lowest BCUT2D eigenvalue weighted by Gasteiger charge is -2.16. The maximum Gasteiger partial charge on any atom is 0.233 e. The Morgan fingerprint density at radius 1 is 1.56 bits per heavy atom. The standard InChI is InChI=1S/C12H16FN3OS/c1-15-11(17)7-16(2)6-9-5-8(12(14)18)3-4-10(9)13/h3-5H,6-7H2,1-2H3,(H2,14,18)(H,15,17). The van der Waals surface area contributed by atoms with E-state index in [-0.39, 0.29) is 23.3 Å². The third-order valence-corrected chi connectivity index (χ3v) is 2.70. The molecule has 98 valence electrons. The van der Waals surface area contributed by atoms with Crippen LogP contribution in [-0.4, -0.2) is 36.4 Å². The van der Waals surface area contributed by atoms with Crippen molar-refractivity contribution in [3.63, 3.8) is 0 Å². The lowest BCUT2D eigenvalue weighted by Crippen LogP contribution is -2.32. The second-order valence-electron chi connectivity index (χ2n) is 4.02. The highest BCUT2D eigenvalue weighted by Gasteiger charge is 2.10. The molecule has 1 amide bonds. The summed E-state index contributed by atoms with van der Waals surface area (Å²) in [6.45, 7) is 0.517. The molecule has 18 heavy (non-hydrogen) atoms. The maximum absolute atomic E-state index is 13.6. The average molecular weight is 269 g/mol. The fourth-order valence-corrected chi connectivity index (χ4v) is 1.65. The zero-order valence-corrected chi connectivity index (χ0v) is 11.2. The first kappa shape index (κ1) is 14.5. The van der Waals surface area contributed by atoms with Crippen LogP contribution in [0, 0.1) is 5.82 Å². The molecule has 0 spiro atoms. The summed E-state index contributed by atoms with van der Waals surface area (Å²) < 4.78 is 13.6. The van der Waals surface area contributed by atoms with E-state index < -0.39 is 0 Å². The van der Waals surface area contributed by atoms with Gasteiger partial charge in [0.05, 0.1) is 6.54 Å². The van der Waals surface area contributed by atoms with Crippen molar-refractivity contribution in [3.8, 4) is 0 Å². The molecule has 1 aromatic carbocycles. The van der Waals surface area contributed by atoms with E-state index in [4.69, 9.17) is 18.0 Å². The Hall–Kier alpha value is -1.53. The molecule has 0 aromatic heterocycles. The van der Waals surface area contributed by atoms with E-state index in [0.717, 1.165) is 0 Å². The Morgan fingerprint density at radius 3 is 2.78 bits per heavy atom. The normalized spacial score (nSPS) is 10.4. The molecule has 0 unspecified atom stereocenters. The van der Waals surface area contributed by atoms with Gasteiger partial charge in [-0.25, -0.2) is 4.39 Å². The van der Waals surface area contributed by atoms with E-state index in [9.17, 15) is 9.18 Å². The minimum atomic E-state index is -0.334. The van der Waals surface area contributed by atoms with Gasteiger partial charge in [-0.15, -0.1) is 0 Å². The number of amides is 1. The van der Waals surface area contributed by atoms with Crippen LogP contribution >= 0.6 is 12.2 Å². The molecule has 0 radical (unpaired) electrons. The van der Waals surface area contributed by atoms with Gasteiger partial charge in [0.2, 0.25) is 5.91 Å². The van der Waals surface area contributed by atoms with Gasteiger partial charge < -0.3 is 11.1 Å². The molecule has 0 heterocycles. The van der Waals surface area contributed by atoms with Crippen molar-refractivity contribution in [2.24, 2.45) is 5.73 Å². The van der Waals surface area contributed by atoms with Crippen molar-refractivity contribution in [2.45, 2.75) is 6.54 Å². The fraction of sp³-hybridized carbons (Fsp3) is 0.333. The van der Waals surface area contributed by atoms with Crippen LogP contribution in [0.4, 0.5) is 4.39 Å². The highest BCUT2D eigenvalue weighted by atomic mass is 32.1. The summed E-state index contributed by atoms with van der Waals surface area (Å²) in [5.41, 5.74) is 6.58. The maximum atomic E-state index is 13.6. The minimum Gasteiger partial charge on any atom is -0.389 e. The summed E-state index contributed by atoms with van der Waals surface area (Å²) in [4.78, 5) is 13.1. The molecule has 0 aliphatic rings. The molecule has 3 N–H and O–H groups in total. The van der Waals surface area contributed by atoms with E-state index in [1.165, 1.54) is 6.07 Å². The molecule has 0 aliphatic heterocycles. The van der Waals surface area contributed by atoms with Crippen LogP contribution in [0.1, 0.15) is 11.1 Å². The number of rotatable bonds is 5. The SMILES string of the molecule is CNC(=O)CN(C)Cc1cc(C(N)=S)ccc1F. The predicted molar refractivity (Wildman–Crippen MR) is 72.7 cm³/mol. The van der Waals surface area contributed by atoms with Crippen molar-refractivity contribution in [2.75, 3.05) is 20.6 Å². The van der Waals surface area contributed by atoms with Gasteiger partial charge in [0.15, 0.2) is 0 Å². The molecule has 4 nitrogen and oxygen atoms in total. The highest BCUT2D eigenvalue weighted by Crippen LogP contribution is 2.12. The van der Waals surface area contributed by atoms with Crippen molar-refractivity contribution in [1.82, 2.24) is 10.2 Å². The zero-order valence-electron chi connectivity index (χ0n) is 10.4. The van der Waals surface area contributed by atoms with Gasteiger partial charge in [-0.3, -0.25) is 9.69 Å². The second-order valence-corrected chi connectivity index (χ2v) is 4.46. The summed E-state index contributed by atoms with van der Waals surface area (Å²) in [6.07, 6.45) is 0. The highest BCUT2D eigenvalue weighted by molar-refractivity contribution is 7.80. The first-order chi connectivity index (χ1) is 8.43. The van der Waals surface area contributed by atoms with E-state index in [2.05, 4.69) is 5.32 Å². The van der Waals surface area contributed by atoms with Gasteiger partial charge in [-0.05, 0) is 25.2 Å². The Morgan fingerprint density at radius 2 is 2.22 bits per heavy atom. The summed E-state index contributed by atoms with van der Waals surface area (Å²) in [6, 6.07) is 4.48. The summed E-state index contributed by atoms with van der Waals surface area (Å²) in [5, 5.41) is 2.51. The number of benzene rings is 1. The molecule has 1 rings (SSSR count). The van der Waals surface area contributed by atoms with Crippen LogP contribution in [0.3, 0.4) is 0 Å². The quantitative estimate of drug-likeness (QED) is 0.770. The van der Waals surface area contributed by atoms with E-state index in [0.29, 0.717) is 17.7 Å².